The van der Waals surface area contributed by atoms with Crippen LogP contribution in [0.2, 0.25) is 0 Å². The fourth-order valence-electron chi connectivity index (χ4n) is 2.11. The van der Waals surface area contributed by atoms with Crippen molar-refractivity contribution in [1.29, 1.82) is 0 Å². The first-order valence-corrected chi connectivity index (χ1v) is 6.77. The molecule has 0 spiro atoms. The van der Waals surface area contributed by atoms with E-state index in [2.05, 4.69) is 20.6 Å². The number of H-pyrrole nitrogens is 1. The van der Waals surface area contributed by atoms with E-state index in [-0.39, 0.29) is 16.2 Å². The van der Waals surface area contributed by atoms with Gasteiger partial charge in [0.25, 0.3) is 11.6 Å². The maximum Gasteiger partial charge on any atom is 0.276 e. The monoisotopic (exact) mass is 318 g/mol. The Hall–Kier alpha value is -2.88. The highest BCUT2D eigenvalue weighted by Gasteiger charge is 2.28. The van der Waals surface area contributed by atoms with Crippen LogP contribution >= 0.6 is 12.2 Å². The lowest BCUT2D eigenvalue weighted by Gasteiger charge is -2.00. The van der Waals surface area contributed by atoms with Crippen LogP contribution in [-0.4, -0.2) is 31.4 Å². The Balaban J connectivity index is 2.17. The highest BCUT2D eigenvalue weighted by Crippen LogP contribution is 2.27. The molecule has 10 heteroatoms. The topological polar surface area (TPSA) is 118 Å². The van der Waals surface area contributed by atoms with Gasteiger partial charge in [-0.2, -0.15) is 14.9 Å². The third-order valence-electron chi connectivity index (χ3n) is 3.17. The Kier molecular flexibility index (Phi) is 3.29. The van der Waals surface area contributed by atoms with E-state index in [0.29, 0.717) is 23.5 Å². The van der Waals surface area contributed by atoms with Crippen molar-refractivity contribution in [1.82, 2.24) is 14.9 Å². The van der Waals surface area contributed by atoms with Crippen molar-refractivity contribution in [3.05, 3.63) is 44.5 Å². The molecule has 1 aromatic heterocycles. The van der Waals surface area contributed by atoms with Crippen molar-refractivity contribution in [2.75, 3.05) is 5.32 Å². The number of aromatic amines is 1. The second kappa shape index (κ2) is 5.15. The van der Waals surface area contributed by atoms with Gasteiger partial charge in [-0.1, -0.05) is 6.92 Å². The molecule has 1 aliphatic heterocycles. The highest BCUT2D eigenvalue weighted by atomic mass is 32.1. The van der Waals surface area contributed by atoms with Gasteiger partial charge >= 0.3 is 0 Å². The third kappa shape index (κ3) is 2.19. The molecule has 2 aromatic rings. The molecule has 0 aliphatic carbocycles. The SMILES string of the molecule is CCc1n[nH]c(=S)n1N=C1C(=O)Nc2ccc([N+](=O)[O-])cc21. The van der Waals surface area contributed by atoms with Gasteiger partial charge in [0.1, 0.15) is 0 Å². The molecule has 112 valence electrons. The Morgan fingerprint density at radius 1 is 1.50 bits per heavy atom. The molecule has 0 bridgehead atoms. The van der Waals surface area contributed by atoms with E-state index in [4.69, 9.17) is 12.2 Å². The van der Waals surface area contributed by atoms with Gasteiger partial charge in [-0.3, -0.25) is 20.0 Å². The van der Waals surface area contributed by atoms with Gasteiger partial charge in [0, 0.05) is 24.1 Å². The molecule has 2 heterocycles. The second-order valence-electron chi connectivity index (χ2n) is 4.50. The largest absolute Gasteiger partial charge is 0.320 e. The summed E-state index contributed by atoms with van der Waals surface area (Å²) < 4.78 is 1.59. The van der Waals surface area contributed by atoms with Crippen molar-refractivity contribution >= 4 is 35.2 Å². The van der Waals surface area contributed by atoms with Crippen molar-refractivity contribution in [2.24, 2.45) is 5.10 Å². The predicted molar refractivity (Wildman–Crippen MR) is 80.5 cm³/mol. The first-order valence-electron chi connectivity index (χ1n) is 6.36. The normalized spacial score (nSPS) is 15.0. The van der Waals surface area contributed by atoms with E-state index in [1.54, 1.807) is 0 Å². The average Bonchev–Trinajstić information content (AvgIpc) is 3.00. The highest BCUT2D eigenvalue weighted by molar-refractivity contribution is 7.71. The molecule has 0 atom stereocenters. The molecule has 0 saturated carbocycles. The quantitative estimate of drug-likeness (QED) is 0.506. The summed E-state index contributed by atoms with van der Waals surface area (Å²) >= 11 is 5.08. The standard InChI is InChI=1S/C12H10N6O3S/c1-2-9-14-15-12(22)17(9)16-10-7-5-6(18(20)21)3-4-8(7)13-11(10)19/h3-5H,2H2,1H3,(H,15,22)(H,13,16,19). The summed E-state index contributed by atoms with van der Waals surface area (Å²) in [6.45, 7) is 1.87. The van der Waals surface area contributed by atoms with E-state index in [9.17, 15) is 14.9 Å². The summed E-state index contributed by atoms with van der Waals surface area (Å²) in [5, 5.41) is 24.3. The molecular weight excluding hydrogens is 308 g/mol. The molecule has 22 heavy (non-hydrogen) atoms. The molecule has 2 N–H and O–H groups in total. The molecule has 1 aliphatic rings. The average molecular weight is 318 g/mol. The van der Waals surface area contributed by atoms with Gasteiger partial charge in [-0.15, -0.1) is 0 Å². The van der Waals surface area contributed by atoms with Crippen molar-refractivity contribution < 1.29 is 9.72 Å². The number of rotatable bonds is 3. The van der Waals surface area contributed by atoms with Crippen LogP contribution < -0.4 is 5.32 Å². The number of nitrogens with one attached hydrogen (secondary N) is 2. The lowest BCUT2D eigenvalue weighted by atomic mass is 10.1. The number of fused-ring (bicyclic) bond motifs is 1. The zero-order valence-corrected chi connectivity index (χ0v) is 12.2. The zero-order chi connectivity index (χ0) is 15.9. The Labute approximate surface area is 128 Å². The summed E-state index contributed by atoms with van der Waals surface area (Å²) in [5.74, 6) is 0.116. The molecule has 0 radical (unpaired) electrons. The number of aromatic nitrogens is 3. The smallest absolute Gasteiger partial charge is 0.276 e. The Morgan fingerprint density at radius 3 is 2.95 bits per heavy atom. The van der Waals surface area contributed by atoms with E-state index >= 15 is 0 Å². The second-order valence-corrected chi connectivity index (χ2v) is 4.89. The van der Waals surface area contributed by atoms with Crippen LogP contribution in [0.5, 0.6) is 0 Å². The molecule has 0 saturated heterocycles. The predicted octanol–water partition coefficient (Wildman–Crippen LogP) is 1.62. The minimum atomic E-state index is -0.526. The number of amides is 1. The number of nitro groups is 1. The molecule has 3 rings (SSSR count). The van der Waals surface area contributed by atoms with E-state index in [0.717, 1.165) is 0 Å². The number of benzene rings is 1. The van der Waals surface area contributed by atoms with Gasteiger partial charge in [0.15, 0.2) is 11.5 Å². The summed E-state index contributed by atoms with van der Waals surface area (Å²) in [7, 11) is 0. The number of hydrogen-bond donors (Lipinski definition) is 2. The van der Waals surface area contributed by atoms with Gasteiger partial charge in [0.05, 0.1) is 10.6 Å². The molecule has 0 unspecified atom stereocenters. The molecule has 1 aromatic carbocycles. The number of hydrogen-bond acceptors (Lipinski definition) is 6. The molecular formula is C12H10N6O3S. The summed E-state index contributed by atoms with van der Waals surface area (Å²) in [6.07, 6.45) is 0.563. The van der Waals surface area contributed by atoms with Crippen molar-refractivity contribution in [3.8, 4) is 0 Å². The van der Waals surface area contributed by atoms with Crippen LogP contribution in [0.1, 0.15) is 18.3 Å². The fourth-order valence-corrected chi connectivity index (χ4v) is 2.30. The minimum Gasteiger partial charge on any atom is -0.320 e. The van der Waals surface area contributed by atoms with Gasteiger partial charge in [-0.05, 0) is 18.3 Å². The number of aryl methyl sites for hydroxylation is 1. The summed E-state index contributed by atoms with van der Waals surface area (Å²) in [4.78, 5) is 22.4. The zero-order valence-electron chi connectivity index (χ0n) is 11.4. The number of carbonyl (C=O) groups excluding carboxylic acids is 1. The van der Waals surface area contributed by atoms with E-state index in [1.807, 2.05) is 6.92 Å². The first-order chi connectivity index (χ1) is 10.5. The van der Waals surface area contributed by atoms with Crippen molar-refractivity contribution in [2.45, 2.75) is 13.3 Å². The lowest BCUT2D eigenvalue weighted by Crippen LogP contribution is -2.16. The number of nitro benzene ring substituents is 1. The fraction of sp³-hybridized carbons (Fsp3) is 0.167. The Bertz CT molecular complexity index is 881. The van der Waals surface area contributed by atoms with Crippen LogP contribution in [-0.2, 0) is 11.2 Å². The number of carbonyl (C=O) groups is 1. The summed E-state index contributed by atoms with van der Waals surface area (Å²) in [6, 6.07) is 4.10. The molecule has 1 amide bonds. The van der Waals surface area contributed by atoms with E-state index < -0.39 is 10.8 Å². The van der Waals surface area contributed by atoms with Crippen LogP contribution in [0, 0.1) is 14.9 Å². The van der Waals surface area contributed by atoms with E-state index in [1.165, 1.54) is 22.9 Å². The lowest BCUT2D eigenvalue weighted by molar-refractivity contribution is -0.384. The van der Waals surface area contributed by atoms with Gasteiger partial charge < -0.3 is 5.32 Å². The Morgan fingerprint density at radius 2 is 2.27 bits per heavy atom. The van der Waals surface area contributed by atoms with Crippen LogP contribution in [0.15, 0.2) is 23.3 Å². The number of anilines is 1. The maximum absolute atomic E-state index is 12.1. The van der Waals surface area contributed by atoms with Crippen LogP contribution in [0.4, 0.5) is 11.4 Å². The van der Waals surface area contributed by atoms with Crippen LogP contribution in [0.3, 0.4) is 0 Å². The number of non-ortho nitro benzene ring substituents is 1. The van der Waals surface area contributed by atoms with Crippen LogP contribution in [0.25, 0.3) is 0 Å². The van der Waals surface area contributed by atoms with Gasteiger partial charge in [-0.25, -0.2) is 0 Å². The molecule has 9 nitrogen and oxygen atoms in total. The van der Waals surface area contributed by atoms with Crippen molar-refractivity contribution in [3.63, 3.8) is 0 Å². The van der Waals surface area contributed by atoms with Gasteiger partial charge in [0.2, 0.25) is 4.77 Å². The third-order valence-corrected chi connectivity index (χ3v) is 3.43. The molecule has 0 fully saturated rings. The minimum absolute atomic E-state index is 0.0610. The summed E-state index contributed by atoms with van der Waals surface area (Å²) in [5.41, 5.74) is 0.784. The maximum atomic E-state index is 12.1. The first kappa shape index (κ1) is 14.1. The number of nitrogens with zero attached hydrogens (tertiary/aromatic N) is 4.